The average Bonchev–Trinajstić information content (AvgIpc) is 2.86. The molecule has 0 amide bonds. The minimum atomic E-state index is -0.305. The first-order valence-corrected chi connectivity index (χ1v) is 6.46. The summed E-state index contributed by atoms with van der Waals surface area (Å²) >= 11 is 0. The zero-order chi connectivity index (χ0) is 13.7. The van der Waals surface area contributed by atoms with Crippen molar-refractivity contribution in [3.8, 4) is 5.75 Å². The van der Waals surface area contributed by atoms with Crippen molar-refractivity contribution in [2.24, 2.45) is 0 Å². The van der Waals surface area contributed by atoms with Crippen LogP contribution in [0.1, 0.15) is 25.4 Å². The highest BCUT2D eigenvalue weighted by Crippen LogP contribution is 2.26. The van der Waals surface area contributed by atoms with Crippen molar-refractivity contribution in [2.45, 2.75) is 26.8 Å². The molecule has 0 aliphatic heterocycles. The largest absolute Gasteiger partial charge is 0.492 e. The van der Waals surface area contributed by atoms with Gasteiger partial charge in [0, 0.05) is 12.5 Å². The summed E-state index contributed by atoms with van der Waals surface area (Å²) in [6.07, 6.45) is 0.876. The number of halogens is 1. The molecule has 0 radical (unpaired) electrons. The van der Waals surface area contributed by atoms with Crippen molar-refractivity contribution in [3.05, 3.63) is 47.7 Å². The van der Waals surface area contributed by atoms with Gasteiger partial charge in [-0.3, -0.25) is 0 Å². The van der Waals surface area contributed by atoms with Crippen LogP contribution >= 0.6 is 0 Å². The van der Waals surface area contributed by atoms with E-state index in [-0.39, 0.29) is 5.82 Å². The van der Waals surface area contributed by atoms with Gasteiger partial charge in [-0.2, -0.15) is 0 Å². The van der Waals surface area contributed by atoms with Crippen LogP contribution in [0, 0.1) is 5.82 Å². The predicted octanol–water partition coefficient (Wildman–Crippen LogP) is 3.99. The average molecular weight is 263 g/mol. The molecule has 0 bridgehead atoms. The molecule has 1 aromatic carbocycles. The number of hydrogen-bond donors (Lipinski definition) is 1. The van der Waals surface area contributed by atoms with Gasteiger partial charge in [0.2, 0.25) is 0 Å². The number of ether oxygens (including phenoxy) is 1. The van der Waals surface area contributed by atoms with Crippen LogP contribution in [0.25, 0.3) is 0 Å². The normalized spacial score (nSPS) is 10.5. The van der Waals surface area contributed by atoms with Gasteiger partial charge in [-0.05, 0) is 31.2 Å². The highest BCUT2D eigenvalue weighted by atomic mass is 19.1. The quantitative estimate of drug-likeness (QED) is 0.855. The molecule has 0 aliphatic rings. The second kappa shape index (κ2) is 6.27. The molecule has 3 nitrogen and oxygen atoms in total. The van der Waals surface area contributed by atoms with Crippen LogP contribution in [0.3, 0.4) is 0 Å². The zero-order valence-corrected chi connectivity index (χ0v) is 11.2. The van der Waals surface area contributed by atoms with Gasteiger partial charge in [-0.15, -0.1) is 0 Å². The van der Waals surface area contributed by atoms with E-state index in [0.717, 1.165) is 23.6 Å². The summed E-state index contributed by atoms with van der Waals surface area (Å²) in [5, 5.41) is 3.19. The lowest BCUT2D eigenvalue weighted by Crippen LogP contribution is -2.02. The Labute approximate surface area is 112 Å². The van der Waals surface area contributed by atoms with E-state index in [4.69, 9.17) is 9.15 Å². The van der Waals surface area contributed by atoms with E-state index in [9.17, 15) is 4.39 Å². The van der Waals surface area contributed by atoms with Crippen molar-refractivity contribution in [2.75, 3.05) is 11.9 Å². The van der Waals surface area contributed by atoms with Crippen molar-refractivity contribution >= 4 is 5.69 Å². The van der Waals surface area contributed by atoms with Gasteiger partial charge in [0.25, 0.3) is 0 Å². The standard InChI is InChI=1S/C15H18FNO2/c1-3-12-6-7-13(19-12)10-17-14-8-5-11(16)9-15(14)18-4-2/h5-9,17H,3-4,10H2,1-2H3. The Balaban J connectivity index is 2.05. The van der Waals surface area contributed by atoms with Crippen molar-refractivity contribution < 1.29 is 13.5 Å². The monoisotopic (exact) mass is 263 g/mol. The molecule has 0 aliphatic carbocycles. The number of rotatable bonds is 6. The Bertz CT molecular complexity index is 537. The maximum absolute atomic E-state index is 13.2. The van der Waals surface area contributed by atoms with Crippen molar-refractivity contribution in [1.29, 1.82) is 0 Å². The molecule has 1 heterocycles. The molecule has 1 aromatic heterocycles. The van der Waals surface area contributed by atoms with Crippen LogP contribution in [-0.2, 0) is 13.0 Å². The minimum Gasteiger partial charge on any atom is -0.492 e. The molecule has 0 saturated carbocycles. The molecular formula is C15H18FNO2. The maximum atomic E-state index is 13.2. The highest BCUT2D eigenvalue weighted by molar-refractivity contribution is 5.56. The summed E-state index contributed by atoms with van der Waals surface area (Å²) in [7, 11) is 0. The fourth-order valence-corrected chi connectivity index (χ4v) is 1.81. The Morgan fingerprint density at radius 2 is 1.95 bits per heavy atom. The summed E-state index contributed by atoms with van der Waals surface area (Å²) < 4.78 is 24.2. The van der Waals surface area contributed by atoms with Gasteiger partial charge in [-0.25, -0.2) is 4.39 Å². The number of hydrogen-bond acceptors (Lipinski definition) is 3. The zero-order valence-electron chi connectivity index (χ0n) is 11.2. The van der Waals surface area contributed by atoms with Crippen LogP contribution in [-0.4, -0.2) is 6.61 Å². The molecule has 2 aromatic rings. The van der Waals surface area contributed by atoms with E-state index < -0.39 is 0 Å². The first kappa shape index (κ1) is 13.5. The number of furan rings is 1. The fourth-order valence-electron chi connectivity index (χ4n) is 1.81. The second-order valence-electron chi connectivity index (χ2n) is 4.15. The molecule has 2 rings (SSSR count). The lowest BCUT2D eigenvalue weighted by atomic mass is 10.2. The third-order valence-electron chi connectivity index (χ3n) is 2.76. The molecule has 0 spiro atoms. The lowest BCUT2D eigenvalue weighted by molar-refractivity contribution is 0.339. The number of benzene rings is 1. The number of anilines is 1. The van der Waals surface area contributed by atoms with Gasteiger partial charge < -0.3 is 14.5 Å². The molecule has 0 saturated heterocycles. The summed E-state index contributed by atoms with van der Waals surface area (Å²) in [6.45, 7) is 4.96. The van der Waals surface area contributed by atoms with Crippen molar-refractivity contribution in [1.82, 2.24) is 0 Å². The summed E-state index contributed by atoms with van der Waals surface area (Å²) in [6, 6.07) is 8.36. The number of aryl methyl sites for hydroxylation is 1. The molecule has 102 valence electrons. The molecule has 1 N–H and O–H groups in total. The SMILES string of the molecule is CCOc1cc(F)ccc1NCc1ccc(CC)o1. The van der Waals surface area contributed by atoms with Crippen LogP contribution in [0.2, 0.25) is 0 Å². The Morgan fingerprint density at radius 3 is 2.63 bits per heavy atom. The first-order valence-electron chi connectivity index (χ1n) is 6.46. The van der Waals surface area contributed by atoms with Crippen LogP contribution in [0.15, 0.2) is 34.7 Å². The predicted molar refractivity (Wildman–Crippen MR) is 73.0 cm³/mol. The molecular weight excluding hydrogens is 245 g/mol. The molecule has 19 heavy (non-hydrogen) atoms. The van der Waals surface area contributed by atoms with Gasteiger partial charge in [0.1, 0.15) is 23.1 Å². The van der Waals surface area contributed by atoms with E-state index in [2.05, 4.69) is 5.32 Å². The lowest BCUT2D eigenvalue weighted by Gasteiger charge is -2.11. The van der Waals surface area contributed by atoms with Gasteiger partial charge in [0.15, 0.2) is 0 Å². The van der Waals surface area contributed by atoms with E-state index in [1.807, 2.05) is 26.0 Å². The Hall–Kier alpha value is -1.97. The summed E-state index contributed by atoms with van der Waals surface area (Å²) in [5.41, 5.74) is 0.762. The van der Waals surface area contributed by atoms with Gasteiger partial charge >= 0.3 is 0 Å². The molecule has 4 heteroatoms. The Kier molecular flexibility index (Phi) is 4.44. The van der Waals surface area contributed by atoms with E-state index in [1.54, 1.807) is 6.07 Å². The second-order valence-corrected chi connectivity index (χ2v) is 4.15. The van der Waals surface area contributed by atoms with Crippen LogP contribution in [0.4, 0.5) is 10.1 Å². The van der Waals surface area contributed by atoms with E-state index in [1.165, 1.54) is 12.1 Å². The third-order valence-corrected chi connectivity index (χ3v) is 2.76. The molecule has 0 atom stereocenters. The van der Waals surface area contributed by atoms with E-state index >= 15 is 0 Å². The van der Waals surface area contributed by atoms with E-state index in [0.29, 0.717) is 18.9 Å². The maximum Gasteiger partial charge on any atom is 0.145 e. The highest BCUT2D eigenvalue weighted by Gasteiger charge is 2.06. The molecule has 0 fully saturated rings. The molecule has 0 unspecified atom stereocenters. The summed E-state index contributed by atoms with van der Waals surface area (Å²) in [4.78, 5) is 0. The van der Waals surface area contributed by atoms with Gasteiger partial charge in [0.05, 0.1) is 18.8 Å². The fraction of sp³-hybridized carbons (Fsp3) is 0.333. The number of nitrogens with one attached hydrogen (secondary N) is 1. The van der Waals surface area contributed by atoms with Crippen LogP contribution < -0.4 is 10.1 Å². The topological polar surface area (TPSA) is 34.4 Å². The smallest absolute Gasteiger partial charge is 0.145 e. The first-order chi connectivity index (χ1) is 9.22. The Morgan fingerprint density at radius 1 is 1.16 bits per heavy atom. The minimum absolute atomic E-state index is 0.305. The third kappa shape index (κ3) is 3.50. The summed E-state index contributed by atoms with van der Waals surface area (Å²) in [5.74, 6) is 2.02. The van der Waals surface area contributed by atoms with Crippen LogP contribution in [0.5, 0.6) is 5.75 Å². The van der Waals surface area contributed by atoms with Crippen molar-refractivity contribution in [3.63, 3.8) is 0 Å². The van der Waals surface area contributed by atoms with Gasteiger partial charge in [-0.1, -0.05) is 6.92 Å².